The zero-order chi connectivity index (χ0) is 20.4. The number of aryl methyl sites for hydroxylation is 1. The standard InChI is InChI=1S/C20H18N4O5/c1-24-20(27)13-7-3-2-6-12(13)14(23-24)10-18(25)21-22-19(26)17-11-28-15-8-4-5-9-16(15)29-17/h2-9,17H,10-11H2,1H3,(H,21,25)(H,22,26). The van der Waals surface area contributed by atoms with Crippen molar-refractivity contribution in [2.75, 3.05) is 6.61 Å². The van der Waals surface area contributed by atoms with Gasteiger partial charge < -0.3 is 9.47 Å². The molecule has 1 aliphatic heterocycles. The van der Waals surface area contributed by atoms with Gasteiger partial charge in [0.25, 0.3) is 11.5 Å². The largest absolute Gasteiger partial charge is 0.485 e. The summed E-state index contributed by atoms with van der Waals surface area (Å²) < 4.78 is 12.3. The topological polar surface area (TPSA) is 112 Å². The average molecular weight is 394 g/mol. The molecule has 148 valence electrons. The second-order valence-corrected chi connectivity index (χ2v) is 6.50. The van der Waals surface area contributed by atoms with Crippen molar-refractivity contribution in [3.63, 3.8) is 0 Å². The molecule has 0 fully saturated rings. The summed E-state index contributed by atoms with van der Waals surface area (Å²) in [5.41, 5.74) is 4.88. The number of carbonyl (C=O) groups excluding carboxylic acids is 2. The van der Waals surface area contributed by atoms with Gasteiger partial charge in [-0.05, 0) is 18.2 Å². The number of nitrogens with zero attached hydrogens (tertiary/aromatic N) is 2. The molecule has 2 heterocycles. The van der Waals surface area contributed by atoms with Gasteiger partial charge in [-0.3, -0.25) is 25.2 Å². The molecule has 2 N–H and O–H groups in total. The van der Waals surface area contributed by atoms with Gasteiger partial charge in [-0.1, -0.05) is 30.3 Å². The third-order valence-corrected chi connectivity index (χ3v) is 4.49. The Hall–Kier alpha value is -3.88. The van der Waals surface area contributed by atoms with Gasteiger partial charge in [-0.25, -0.2) is 4.68 Å². The van der Waals surface area contributed by atoms with E-state index < -0.39 is 17.9 Å². The Kier molecular flexibility index (Phi) is 4.86. The summed E-state index contributed by atoms with van der Waals surface area (Å²) in [6.07, 6.45) is -0.999. The van der Waals surface area contributed by atoms with Crippen molar-refractivity contribution in [2.24, 2.45) is 7.05 Å². The first kappa shape index (κ1) is 18.5. The molecule has 1 unspecified atom stereocenters. The monoisotopic (exact) mass is 394 g/mol. The van der Waals surface area contributed by atoms with E-state index in [0.717, 1.165) is 0 Å². The fourth-order valence-corrected chi connectivity index (χ4v) is 3.06. The molecule has 0 bridgehead atoms. The summed E-state index contributed by atoms with van der Waals surface area (Å²) in [5.74, 6) is 0.0113. The number of ether oxygens (including phenoxy) is 2. The minimum atomic E-state index is -0.887. The van der Waals surface area contributed by atoms with Crippen LogP contribution < -0.4 is 25.9 Å². The number of nitrogens with one attached hydrogen (secondary N) is 2. The predicted molar refractivity (Wildman–Crippen MR) is 103 cm³/mol. The molecule has 9 nitrogen and oxygen atoms in total. The van der Waals surface area contributed by atoms with Crippen LogP contribution >= 0.6 is 0 Å². The summed E-state index contributed by atoms with van der Waals surface area (Å²) in [5, 5.41) is 5.24. The van der Waals surface area contributed by atoms with Crippen LogP contribution in [0.4, 0.5) is 0 Å². The molecule has 2 amide bonds. The molecule has 2 aromatic carbocycles. The first-order valence-corrected chi connectivity index (χ1v) is 8.95. The number of carbonyl (C=O) groups is 2. The van der Waals surface area contributed by atoms with E-state index in [0.29, 0.717) is 28.0 Å². The molecule has 1 aliphatic rings. The van der Waals surface area contributed by atoms with Crippen molar-refractivity contribution in [2.45, 2.75) is 12.5 Å². The maximum atomic E-state index is 12.3. The Bertz CT molecular complexity index is 1160. The van der Waals surface area contributed by atoms with Gasteiger partial charge in [0.2, 0.25) is 12.0 Å². The van der Waals surface area contributed by atoms with Crippen molar-refractivity contribution >= 4 is 22.6 Å². The van der Waals surface area contributed by atoms with Gasteiger partial charge in [0.15, 0.2) is 11.5 Å². The molecule has 1 aromatic heterocycles. The molecule has 0 saturated heterocycles. The van der Waals surface area contributed by atoms with Crippen LogP contribution in [-0.4, -0.2) is 34.3 Å². The Balaban J connectivity index is 1.40. The zero-order valence-corrected chi connectivity index (χ0v) is 15.5. The van der Waals surface area contributed by atoms with Gasteiger partial charge >= 0.3 is 0 Å². The lowest BCUT2D eigenvalue weighted by Crippen LogP contribution is -2.51. The molecule has 0 saturated carbocycles. The highest BCUT2D eigenvalue weighted by atomic mass is 16.6. The second-order valence-electron chi connectivity index (χ2n) is 6.50. The molecule has 4 rings (SSSR count). The Labute approximate surface area is 165 Å². The summed E-state index contributed by atoms with van der Waals surface area (Å²) in [6.45, 7) is 0.0334. The fraction of sp³-hybridized carbons (Fsp3) is 0.200. The summed E-state index contributed by atoms with van der Waals surface area (Å²) in [7, 11) is 1.52. The number of aromatic nitrogens is 2. The summed E-state index contributed by atoms with van der Waals surface area (Å²) in [6, 6.07) is 14.0. The lowest BCUT2D eigenvalue weighted by atomic mass is 10.1. The van der Waals surface area contributed by atoms with Crippen LogP contribution in [0.25, 0.3) is 10.8 Å². The van der Waals surface area contributed by atoms with Crippen LogP contribution in [-0.2, 0) is 23.1 Å². The number of hydrogen-bond donors (Lipinski definition) is 2. The van der Waals surface area contributed by atoms with Crippen molar-refractivity contribution in [1.82, 2.24) is 20.6 Å². The zero-order valence-electron chi connectivity index (χ0n) is 15.5. The minimum absolute atomic E-state index is 0.0334. The predicted octanol–water partition coefficient (Wildman–Crippen LogP) is 0.463. The number of fused-ring (bicyclic) bond motifs is 2. The third kappa shape index (κ3) is 3.75. The smallest absolute Gasteiger partial charge is 0.283 e. The van der Waals surface area contributed by atoms with Crippen LogP contribution in [0.1, 0.15) is 5.69 Å². The average Bonchev–Trinajstić information content (AvgIpc) is 2.75. The second kappa shape index (κ2) is 7.63. The molecule has 29 heavy (non-hydrogen) atoms. The molecule has 9 heteroatoms. The quantitative estimate of drug-likeness (QED) is 0.625. The third-order valence-electron chi connectivity index (χ3n) is 4.49. The van der Waals surface area contributed by atoms with Gasteiger partial charge in [-0.15, -0.1) is 0 Å². The lowest BCUT2D eigenvalue weighted by Gasteiger charge is -2.25. The molecule has 3 aromatic rings. The van der Waals surface area contributed by atoms with Crippen LogP contribution in [0.3, 0.4) is 0 Å². The van der Waals surface area contributed by atoms with Crippen molar-refractivity contribution in [3.8, 4) is 11.5 Å². The van der Waals surface area contributed by atoms with E-state index in [9.17, 15) is 14.4 Å². The van der Waals surface area contributed by atoms with E-state index in [1.54, 1.807) is 48.5 Å². The van der Waals surface area contributed by atoms with Crippen LogP contribution in [0.5, 0.6) is 11.5 Å². The maximum absolute atomic E-state index is 12.3. The van der Waals surface area contributed by atoms with Crippen LogP contribution in [0.15, 0.2) is 53.3 Å². The molecule has 0 spiro atoms. The first-order chi connectivity index (χ1) is 14.0. The van der Waals surface area contributed by atoms with Gasteiger partial charge in [-0.2, -0.15) is 5.10 Å². The van der Waals surface area contributed by atoms with E-state index in [4.69, 9.17) is 9.47 Å². The SMILES string of the molecule is Cn1nc(CC(=O)NNC(=O)C2COc3ccccc3O2)c2ccccc2c1=O. The highest BCUT2D eigenvalue weighted by Gasteiger charge is 2.27. The van der Waals surface area contributed by atoms with Gasteiger partial charge in [0.05, 0.1) is 17.5 Å². The van der Waals surface area contributed by atoms with E-state index in [1.807, 2.05) is 0 Å². The molecular weight excluding hydrogens is 376 g/mol. The van der Waals surface area contributed by atoms with Crippen molar-refractivity contribution in [1.29, 1.82) is 0 Å². The Morgan fingerprint density at radius 1 is 1.07 bits per heavy atom. The summed E-state index contributed by atoms with van der Waals surface area (Å²) >= 11 is 0. The van der Waals surface area contributed by atoms with E-state index in [1.165, 1.54) is 11.7 Å². The number of rotatable bonds is 3. The molecule has 1 atom stereocenters. The van der Waals surface area contributed by atoms with Crippen molar-refractivity contribution in [3.05, 3.63) is 64.6 Å². The summed E-state index contributed by atoms with van der Waals surface area (Å²) in [4.78, 5) is 36.8. The lowest BCUT2D eigenvalue weighted by molar-refractivity contribution is -0.134. The minimum Gasteiger partial charge on any atom is -0.485 e. The number of benzene rings is 2. The number of hydrazine groups is 1. The van der Waals surface area contributed by atoms with Crippen molar-refractivity contribution < 1.29 is 19.1 Å². The van der Waals surface area contributed by atoms with Gasteiger partial charge in [0.1, 0.15) is 6.61 Å². The van der Waals surface area contributed by atoms with Crippen LogP contribution in [0.2, 0.25) is 0 Å². The fourth-order valence-electron chi connectivity index (χ4n) is 3.06. The Morgan fingerprint density at radius 3 is 2.55 bits per heavy atom. The number of para-hydroxylation sites is 2. The maximum Gasteiger partial charge on any atom is 0.283 e. The number of amides is 2. The Morgan fingerprint density at radius 2 is 1.76 bits per heavy atom. The molecule has 0 radical (unpaired) electrons. The van der Waals surface area contributed by atoms with E-state index in [-0.39, 0.29) is 18.6 Å². The highest BCUT2D eigenvalue weighted by molar-refractivity contribution is 5.90. The highest BCUT2D eigenvalue weighted by Crippen LogP contribution is 2.30. The first-order valence-electron chi connectivity index (χ1n) is 8.95. The van der Waals surface area contributed by atoms with E-state index in [2.05, 4.69) is 16.0 Å². The molecule has 0 aliphatic carbocycles. The molecular formula is C20H18N4O5. The van der Waals surface area contributed by atoms with E-state index >= 15 is 0 Å². The van der Waals surface area contributed by atoms with Gasteiger partial charge in [0, 0.05) is 12.4 Å². The normalized spacial score (nSPS) is 15.0. The number of hydrogen-bond acceptors (Lipinski definition) is 6. The van der Waals surface area contributed by atoms with Crippen LogP contribution in [0, 0.1) is 0 Å².